The van der Waals surface area contributed by atoms with Gasteiger partial charge < -0.3 is 9.51 Å². The number of hydrogen-bond donors (Lipinski definition) is 1. The molecule has 7 heteroatoms. The van der Waals surface area contributed by atoms with Crippen LogP contribution in [0.2, 0.25) is 0 Å². The molecule has 0 fully saturated rings. The number of hydrogen-bond acceptors (Lipinski definition) is 6. The molecule has 1 N–H and O–H groups in total. The molecule has 0 saturated heterocycles. The molecule has 5 nitrogen and oxygen atoms in total. The Morgan fingerprint density at radius 2 is 2.10 bits per heavy atom. The Hall–Kier alpha value is -2.12. The van der Waals surface area contributed by atoms with Crippen LogP contribution in [0.1, 0.15) is 5.89 Å². The van der Waals surface area contributed by atoms with Crippen LogP contribution < -0.4 is 0 Å². The predicted octanol–water partition coefficient (Wildman–Crippen LogP) is 3.97. The summed E-state index contributed by atoms with van der Waals surface area (Å²) in [6.07, 6.45) is 0. The zero-order valence-electron chi connectivity index (χ0n) is 10.8. The van der Waals surface area contributed by atoms with Gasteiger partial charge in [-0.1, -0.05) is 35.1 Å². The molecule has 0 aliphatic carbocycles. The number of imidazole rings is 1. The van der Waals surface area contributed by atoms with Crippen LogP contribution in [0.4, 0.5) is 0 Å². The monoisotopic (exact) mass is 314 g/mol. The summed E-state index contributed by atoms with van der Waals surface area (Å²) in [7, 11) is 0. The van der Waals surface area contributed by atoms with Crippen molar-refractivity contribution in [3.05, 3.63) is 47.7 Å². The lowest BCUT2D eigenvalue weighted by Crippen LogP contribution is -1.82. The molecular weight excluding hydrogens is 304 g/mol. The third kappa shape index (κ3) is 2.57. The molecule has 0 amide bonds. The highest BCUT2D eigenvalue weighted by Crippen LogP contribution is 2.25. The second-order valence-electron chi connectivity index (χ2n) is 4.34. The smallest absolute Gasteiger partial charge is 0.237 e. The molecule has 0 aliphatic heterocycles. The van der Waals surface area contributed by atoms with Gasteiger partial charge in [0.25, 0.3) is 0 Å². The van der Waals surface area contributed by atoms with Gasteiger partial charge in [0.05, 0.1) is 21.7 Å². The molecule has 3 aromatic heterocycles. The molecule has 0 bridgehead atoms. The average Bonchev–Trinajstić information content (AvgIpc) is 3.23. The summed E-state index contributed by atoms with van der Waals surface area (Å²) >= 11 is 3.15. The lowest BCUT2D eigenvalue weighted by Gasteiger charge is -1.90. The number of aromatic nitrogens is 4. The molecule has 1 aromatic carbocycles. The molecule has 0 atom stereocenters. The first-order chi connectivity index (χ1) is 10.4. The first kappa shape index (κ1) is 12.6. The van der Waals surface area contributed by atoms with Gasteiger partial charge in [0.15, 0.2) is 5.16 Å². The van der Waals surface area contributed by atoms with Crippen molar-refractivity contribution >= 4 is 34.1 Å². The number of fused-ring (bicyclic) bond motifs is 1. The Morgan fingerprint density at radius 1 is 1.14 bits per heavy atom. The van der Waals surface area contributed by atoms with E-state index in [-0.39, 0.29) is 0 Å². The van der Waals surface area contributed by atoms with E-state index >= 15 is 0 Å². The molecular formula is C14H10N4OS2. The highest BCUT2D eigenvalue weighted by molar-refractivity contribution is 7.98. The lowest BCUT2D eigenvalue weighted by molar-refractivity contribution is 0.391. The first-order valence-electron chi connectivity index (χ1n) is 6.32. The zero-order valence-corrected chi connectivity index (χ0v) is 12.4. The normalized spacial score (nSPS) is 11.2. The molecule has 0 unspecified atom stereocenters. The number of rotatable bonds is 4. The van der Waals surface area contributed by atoms with Gasteiger partial charge in [-0.2, -0.15) is 4.98 Å². The van der Waals surface area contributed by atoms with Crippen LogP contribution in [0.5, 0.6) is 0 Å². The van der Waals surface area contributed by atoms with E-state index < -0.39 is 0 Å². The van der Waals surface area contributed by atoms with Crippen LogP contribution in [0.15, 0.2) is 51.5 Å². The summed E-state index contributed by atoms with van der Waals surface area (Å²) in [5.74, 6) is 1.84. The number of aromatic amines is 1. The second kappa shape index (κ2) is 5.34. The van der Waals surface area contributed by atoms with Crippen LogP contribution in [-0.2, 0) is 5.75 Å². The minimum absolute atomic E-state index is 0.595. The van der Waals surface area contributed by atoms with E-state index in [2.05, 4.69) is 20.1 Å². The van der Waals surface area contributed by atoms with Crippen LogP contribution in [0.25, 0.3) is 21.7 Å². The van der Waals surface area contributed by atoms with E-state index in [0.717, 1.165) is 21.1 Å². The second-order valence-corrected chi connectivity index (χ2v) is 6.25. The first-order valence-corrected chi connectivity index (χ1v) is 8.19. The molecule has 0 aliphatic rings. The van der Waals surface area contributed by atoms with E-state index in [0.29, 0.717) is 17.5 Å². The minimum Gasteiger partial charge on any atom is -0.338 e. The third-order valence-corrected chi connectivity index (χ3v) is 4.63. The third-order valence-electron chi connectivity index (χ3n) is 2.91. The fourth-order valence-electron chi connectivity index (χ4n) is 1.95. The Labute approximate surface area is 128 Å². The van der Waals surface area contributed by atoms with Gasteiger partial charge in [0, 0.05) is 0 Å². The van der Waals surface area contributed by atoms with Crippen molar-refractivity contribution in [3.63, 3.8) is 0 Å². The number of H-pyrrole nitrogens is 1. The van der Waals surface area contributed by atoms with E-state index in [1.54, 1.807) is 23.1 Å². The van der Waals surface area contributed by atoms with Gasteiger partial charge in [-0.05, 0) is 23.6 Å². The predicted molar refractivity (Wildman–Crippen MR) is 83.3 cm³/mol. The summed E-state index contributed by atoms with van der Waals surface area (Å²) in [6.45, 7) is 0. The number of para-hydroxylation sites is 2. The van der Waals surface area contributed by atoms with Crippen molar-refractivity contribution in [2.45, 2.75) is 10.9 Å². The van der Waals surface area contributed by atoms with Gasteiger partial charge in [0.2, 0.25) is 11.7 Å². The van der Waals surface area contributed by atoms with Crippen molar-refractivity contribution in [2.24, 2.45) is 0 Å². The molecule has 3 heterocycles. The molecule has 104 valence electrons. The number of benzene rings is 1. The molecule has 4 rings (SSSR count). The number of nitrogens with one attached hydrogen (secondary N) is 1. The Morgan fingerprint density at radius 3 is 2.95 bits per heavy atom. The van der Waals surface area contributed by atoms with Crippen LogP contribution in [0, 0.1) is 0 Å². The maximum atomic E-state index is 5.27. The Bertz CT molecular complexity index is 833. The van der Waals surface area contributed by atoms with Crippen molar-refractivity contribution in [1.29, 1.82) is 0 Å². The Balaban J connectivity index is 1.49. The van der Waals surface area contributed by atoms with Crippen molar-refractivity contribution < 1.29 is 4.52 Å². The van der Waals surface area contributed by atoms with Crippen LogP contribution >= 0.6 is 23.1 Å². The molecule has 0 radical (unpaired) electrons. The van der Waals surface area contributed by atoms with Crippen molar-refractivity contribution in [1.82, 2.24) is 20.1 Å². The van der Waals surface area contributed by atoms with E-state index in [1.807, 2.05) is 41.8 Å². The quantitative estimate of drug-likeness (QED) is 0.577. The SMILES string of the molecule is c1csc(-c2noc(CSc3nc4ccccc4[nH]3)n2)c1. The maximum absolute atomic E-state index is 5.27. The summed E-state index contributed by atoms with van der Waals surface area (Å²) in [5, 5.41) is 6.84. The summed E-state index contributed by atoms with van der Waals surface area (Å²) in [6, 6.07) is 11.9. The van der Waals surface area contributed by atoms with Gasteiger partial charge >= 0.3 is 0 Å². The van der Waals surface area contributed by atoms with Crippen LogP contribution in [0.3, 0.4) is 0 Å². The number of thiophene rings is 1. The van der Waals surface area contributed by atoms with Gasteiger partial charge in [0.1, 0.15) is 0 Å². The van der Waals surface area contributed by atoms with E-state index in [9.17, 15) is 0 Å². The summed E-state index contributed by atoms with van der Waals surface area (Å²) < 4.78 is 5.27. The molecule has 0 spiro atoms. The lowest BCUT2D eigenvalue weighted by atomic mass is 10.3. The topological polar surface area (TPSA) is 67.6 Å². The average molecular weight is 314 g/mol. The number of thioether (sulfide) groups is 1. The van der Waals surface area contributed by atoms with E-state index in [4.69, 9.17) is 4.52 Å². The van der Waals surface area contributed by atoms with Gasteiger partial charge in [-0.15, -0.1) is 11.3 Å². The molecule has 0 saturated carbocycles. The maximum Gasteiger partial charge on any atom is 0.237 e. The highest BCUT2D eigenvalue weighted by Gasteiger charge is 2.11. The highest BCUT2D eigenvalue weighted by atomic mass is 32.2. The minimum atomic E-state index is 0.595. The largest absolute Gasteiger partial charge is 0.338 e. The van der Waals surface area contributed by atoms with Crippen molar-refractivity contribution in [3.8, 4) is 10.7 Å². The summed E-state index contributed by atoms with van der Waals surface area (Å²) in [5.41, 5.74) is 2.00. The fourth-order valence-corrected chi connectivity index (χ4v) is 3.32. The van der Waals surface area contributed by atoms with Crippen LogP contribution in [-0.4, -0.2) is 20.1 Å². The molecule has 21 heavy (non-hydrogen) atoms. The fraction of sp³-hybridized carbons (Fsp3) is 0.0714. The standard InChI is InChI=1S/C14H10N4OS2/c1-2-5-10-9(4-1)15-14(16-10)21-8-12-17-13(18-19-12)11-6-3-7-20-11/h1-7H,8H2,(H,15,16). The van der Waals surface area contributed by atoms with E-state index in [1.165, 1.54) is 0 Å². The van der Waals surface area contributed by atoms with Gasteiger partial charge in [-0.25, -0.2) is 4.98 Å². The summed E-state index contributed by atoms with van der Waals surface area (Å²) in [4.78, 5) is 13.2. The van der Waals surface area contributed by atoms with Crippen molar-refractivity contribution in [2.75, 3.05) is 0 Å². The number of nitrogens with zero attached hydrogens (tertiary/aromatic N) is 3. The zero-order chi connectivity index (χ0) is 14.1. The van der Waals surface area contributed by atoms with Gasteiger partial charge in [-0.3, -0.25) is 0 Å². The Kier molecular flexibility index (Phi) is 3.21. The molecule has 4 aromatic rings.